The topological polar surface area (TPSA) is 57.0 Å². The molecular weight excluding hydrogens is 406 g/mol. The van der Waals surface area contributed by atoms with Gasteiger partial charge in [-0.15, -0.1) is 10.2 Å². The molecule has 0 atom stereocenters. The Balaban J connectivity index is 1.61. The van der Waals surface area contributed by atoms with Crippen LogP contribution < -0.4 is 4.74 Å². The van der Waals surface area contributed by atoms with Crippen LogP contribution in [0.1, 0.15) is 27.3 Å². The monoisotopic (exact) mass is 429 g/mol. The number of benzene rings is 3. The number of methoxy groups -OCH3 is 1. The maximum atomic E-state index is 12.7. The molecule has 1 heterocycles. The number of aromatic nitrogens is 3. The van der Waals surface area contributed by atoms with Gasteiger partial charge in [0, 0.05) is 17.7 Å². The summed E-state index contributed by atoms with van der Waals surface area (Å²) in [5.41, 5.74) is 3.92. The van der Waals surface area contributed by atoms with Gasteiger partial charge in [-0.2, -0.15) is 0 Å². The maximum absolute atomic E-state index is 12.7. The van der Waals surface area contributed by atoms with E-state index in [4.69, 9.17) is 4.74 Å². The van der Waals surface area contributed by atoms with Crippen LogP contribution in [0, 0.1) is 6.92 Å². The normalized spacial score (nSPS) is 10.8. The molecule has 3 aromatic carbocycles. The Morgan fingerprint density at radius 2 is 1.65 bits per heavy atom. The second-order valence-electron chi connectivity index (χ2n) is 7.17. The molecule has 0 radical (unpaired) electrons. The number of hydrogen-bond donors (Lipinski definition) is 0. The number of ether oxygens (including phenoxy) is 1. The summed E-state index contributed by atoms with van der Waals surface area (Å²) in [5.74, 6) is 1.97. The van der Waals surface area contributed by atoms with Crippen molar-refractivity contribution in [3.8, 4) is 11.4 Å². The first-order valence-corrected chi connectivity index (χ1v) is 11.0. The van der Waals surface area contributed by atoms with Crippen molar-refractivity contribution >= 4 is 17.5 Å². The van der Waals surface area contributed by atoms with Gasteiger partial charge in [0.05, 0.1) is 12.9 Å². The third kappa shape index (κ3) is 5.03. The fourth-order valence-corrected chi connectivity index (χ4v) is 4.10. The lowest BCUT2D eigenvalue weighted by Crippen LogP contribution is -2.06. The zero-order chi connectivity index (χ0) is 21.6. The molecule has 0 saturated heterocycles. The summed E-state index contributed by atoms with van der Waals surface area (Å²) in [6.45, 7) is 2.01. The number of rotatable bonds is 8. The van der Waals surface area contributed by atoms with Gasteiger partial charge in [0.15, 0.2) is 10.9 Å². The van der Waals surface area contributed by atoms with Crippen molar-refractivity contribution in [2.45, 2.75) is 18.5 Å². The van der Waals surface area contributed by atoms with Gasteiger partial charge in [-0.05, 0) is 36.8 Å². The molecule has 6 heteroatoms. The predicted octanol–water partition coefficient (Wildman–Crippen LogP) is 5.15. The average molecular weight is 430 g/mol. The minimum atomic E-state index is 0.0684. The third-order valence-electron chi connectivity index (χ3n) is 4.94. The van der Waals surface area contributed by atoms with Gasteiger partial charge in [0.2, 0.25) is 0 Å². The lowest BCUT2D eigenvalue weighted by molar-refractivity contribution is 0.102. The Hall–Kier alpha value is -3.38. The number of Topliss-reactive ketones (excluding diaryl/α,β-unsaturated/α-hetero) is 1. The zero-order valence-corrected chi connectivity index (χ0v) is 18.3. The summed E-state index contributed by atoms with van der Waals surface area (Å²) in [7, 11) is 1.65. The quantitative estimate of drug-likeness (QED) is 0.286. The zero-order valence-electron chi connectivity index (χ0n) is 17.5. The van der Waals surface area contributed by atoms with Crippen molar-refractivity contribution in [3.63, 3.8) is 0 Å². The molecule has 0 unspecified atom stereocenters. The fraction of sp³-hybridized carbons (Fsp3) is 0.160. The summed E-state index contributed by atoms with van der Waals surface area (Å²) >= 11 is 1.40. The summed E-state index contributed by atoms with van der Waals surface area (Å²) in [6, 6.07) is 25.6. The van der Waals surface area contributed by atoms with E-state index in [0.717, 1.165) is 28.4 Å². The second kappa shape index (κ2) is 9.62. The van der Waals surface area contributed by atoms with Gasteiger partial charge < -0.3 is 4.74 Å². The van der Waals surface area contributed by atoms with E-state index < -0.39 is 0 Å². The number of thioether (sulfide) groups is 1. The summed E-state index contributed by atoms with van der Waals surface area (Å²) in [6.07, 6.45) is 0.645. The van der Waals surface area contributed by atoms with Gasteiger partial charge in [-0.25, -0.2) is 0 Å². The molecule has 0 spiro atoms. The molecule has 0 aliphatic carbocycles. The minimum absolute atomic E-state index is 0.0684. The van der Waals surface area contributed by atoms with Gasteiger partial charge in [0.1, 0.15) is 11.6 Å². The Kier molecular flexibility index (Phi) is 6.48. The Bertz CT molecular complexity index is 1150. The molecule has 0 saturated carbocycles. The fourth-order valence-electron chi connectivity index (χ4n) is 3.23. The van der Waals surface area contributed by atoms with E-state index in [9.17, 15) is 4.79 Å². The van der Waals surface area contributed by atoms with Gasteiger partial charge in [-0.1, -0.05) is 71.9 Å². The second-order valence-corrected chi connectivity index (χ2v) is 8.11. The van der Waals surface area contributed by atoms with Gasteiger partial charge in [0.25, 0.3) is 0 Å². The highest BCUT2D eigenvalue weighted by atomic mass is 32.2. The molecule has 31 heavy (non-hydrogen) atoms. The van der Waals surface area contributed by atoms with E-state index in [1.54, 1.807) is 7.11 Å². The average Bonchev–Trinajstić information content (AvgIpc) is 3.21. The molecule has 4 rings (SSSR count). The van der Waals surface area contributed by atoms with E-state index in [1.807, 2.05) is 78.2 Å². The largest absolute Gasteiger partial charge is 0.497 e. The summed E-state index contributed by atoms with van der Waals surface area (Å²) in [5, 5.41) is 9.54. The molecule has 5 nitrogen and oxygen atoms in total. The van der Waals surface area contributed by atoms with Crippen molar-refractivity contribution in [2.75, 3.05) is 12.9 Å². The third-order valence-corrected chi connectivity index (χ3v) is 5.87. The molecule has 0 bridgehead atoms. The van der Waals surface area contributed by atoms with Crippen molar-refractivity contribution in [2.24, 2.45) is 0 Å². The van der Waals surface area contributed by atoms with Crippen LogP contribution in [0.3, 0.4) is 0 Å². The number of nitrogens with zero attached hydrogens (tertiary/aromatic N) is 3. The van der Waals surface area contributed by atoms with Crippen LogP contribution in [0.5, 0.6) is 5.75 Å². The van der Waals surface area contributed by atoms with E-state index in [0.29, 0.717) is 22.9 Å². The van der Waals surface area contributed by atoms with Gasteiger partial charge >= 0.3 is 0 Å². The van der Waals surface area contributed by atoms with Crippen molar-refractivity contribution in [1.29, 1.82) is 0 Å². The van der Waals surface area contributed by atoms with E-state index in [1.165, 1.54) is 11.8 Å². The van der Waals surface area contributed by atoms with Crippen LogP contribution in [-0.2, 0) is 6.42 Å². The first-order chi connectivity index (χ1) is 15.1. The number of aryl methyl sites for hydroxylation is 1. The highest BCUT2D eigenvalue weighted by Gasteiger charge is 2.17. The number of hydrogen-bond acceptors (Lipinski definition) is 5. The minimum Gasteiger partial charge on any atom is -0.497 e. The van der Waals surface area contributed by atoms with Crippen LogP contribution in [0.25, 0.3) is 5.69 Å². The SMILES string of the molecule is COc1ccc(-n2c(Cc3ccccc3)nnc2SCC(=O)c2ccc(C)cc2)cc1. The number of carbonyl (C=O) groups excluding carboxylic acids is 1. The first-order valence-electron chi connectivity index (χ1n) is 9.99. The van der Waals surface area contributed by atoms with E-state index >= 15 is 0 Å². The summed E-state index contributed by atoms with van der Waals surface area (Å²) in [4.78, 5) is 12.7. The molecule has 4 aromatic rings. The lowest BCUT2D eigenvalue weighted by Gasteiger charge is -2.11. The van der Waals surface area contributed by atoms with Crippen molar-refractivity contribution in [1.82, 2.24) is 14.8 Å². The van der Waals surface area contributed by atoms with Gasteiger partial charge in [-0.3, -0.25) is 9.36 Å². The van der Waals surface area contributed by atoms with Crippen LogP contribution in [0.4, 0.5) is 0 Å². The number of carbonyl (C=O) groups is 1. The van der Waals surface area contributed by atoms with E-state index in [-0.39, 0.29) is 5.78 Å². The van der Waals surface area contributed by atoms with Crippen molar-refractivity contribution in [3.05, 3.63) is 101 Å². The lowest BCUT2D eigenvalue weighted by atomic mass is 10.1. The molecule has 0 amide bonds. The standard InChI is InChI=1S/C25H23N3O2S/c1-18-8-10-20(11-9-18)23(29)17-31-25-27-26-24(16-19-6-4-3-5-7-19)28(25)21-12-14-22(30-2)15-13-21/h3-15H,16-17H2,1-2H3. The van der Waals surface area contributed by atoms with E-state index in [2.05, 4.69) is 22.3 Å². The molecule has 156 valence electrons. The predicted molar refractivity (Wildman–Crippen MR) is 123 cm³/mol. The molecule has 0 fully saturated rings. The molecule has 0 N–H and O–H groups in total. The highest BCUT2D eigenvalue weighted by Crippen LogP contribution is 2.25. The Labute approximate surface area is 186 Å². The molecular formula is C25H23N3O2S. The van der Waals surface area contributed by atoms with Crippen LogP contribution in [-0.4, -0.2) is 33.4 Å². The van der Waals surface area contributed by atoms with Crippen LogP contribution in [0.2, 0.25) is 0 Å². The van der Waals surface area contributed by atoms with Crippen molar-refractivity contribution < 1.29 is 9.53 Å². The smallest absolute Gasteiger partial charge is 0.196 e. The molecule has 0 aliphatic rings. The first kappa shape index (κ1) is 20.9. The summed E-state index contributed by atoms with van der Waals surface area (Å²) < 4.78 is 7.30. The number of ketones is 1. The van der Waals surface area contributed by atoms with Crippen LogP contribution >= 0.6 is 11.8 Å². The highest BCUT2D eigenvalue weighted by molar-refractivity contribution is 7.99. The Morgan fingerprint density at radius 1 is 0.935 bits per heavy atom. The molecule has 1 aromatic heterocycles. The Morgan fingerprint density at radius 3 is 2.32 bits per heavy atom. The molecule has 0 aliphatic heterocycles. The maximum Gasteiger partial charge on any atom is 0.196 e. The van der Waals surface area contributed by atoms with Crippen LogP contribution in [0.15, 0.2) is 84.0 Å².